The zero-order chi connectivity index (χ0) is 21.1. The number of alkyl halides is 3. The van der Waals surface area contributed by atoms with Crippen LogP contribution in [0.4, 0.5) is 13.2 Å². The predicted octanol–water partition coefficient (Wildman–Crippen LogP) is 4.92. The molecule has 0 bridgehead atoms. The second kappa shape index (κ2) is 7.85. The van der Waals surface area contributed by atoms with Crippen LogP contribution < -0.4 is 9.46 Å². The van der Waals surface area contributed by atoms with E-state index in [9.17, 15) is 21.6 Å². The number of halogens is 3. The lowest BCUT2D eigenvalue weighted by molar-refractivity contribution is -0.137. The molecule has 0 heterocycles. The Bertz CT molecular complexity index is 1150. The van der Waals surface area contributed by atoms with Crippen LogP contribution in [-0.2, 0) is 16.2 Å². The van der Waals surface area contributed by atoms with Gasteiger partial charge in [-0.25, -0.2) is 13.1 Å². The van der Waals surface area contributed by atoms with Crippen molar-refractivity contribution in [2.24, 2.45) is 0 Å². The molecule has 9 heteroatoms. The molecule has 1 N–H and O–H groups in total. The topological polar surface area (TPSA) is 79.2 Å². The largest absolute Gasteiger partial charge is 0.457 e. The first kappa shape index (κ1) is 20.2. The summed E-state index contributed by atoms with van der Waals surface area (Å²) in [5.74, 6) is 0.612. The lowest BCUT2D eigenvalue weighted by Gasteiger charge is -2.13. The Kier molecular flexibility index (Phi) is 5.48. The minimum Gasteiger partial charge on any atom is -0.457 e. The van der Waals surface area contributed by atoms with E-state index in [0.29, 0.717) is 16.9 Å². The van der Waals surface area contributed by atoms with E-state index in [1.54, 1.807) is 41.1 Å². The van der Waals surface area contributed by atoms with Crippen molar-refractivity contribution in [2.75, 3.05) is 0 Å². The maximum atomic E-state index is 12.7. The minimum atomic E-state index is -4.43. The van der Waals surface area contributed by atoms with Crippen molar-refractivity contribution in [2.45, 2.75) is 11.1 Å². The van der Waals surface area contributed by atoms with Crippen LogP contribution in [0.2, 0.25) is 0 Å². The second-order valence-electron chi connectivity index (χ2n) is 5.86. The molecule has 3 rings (SSSR count). The van der Waals surface area contributed by atoms with Crippen molar-refractivity contribution < 1.29 is 26.3 Å². The Morgan fingerprint density at radius 1 is 0.897 bits per heavy atom. The van der Waals surface area contributed by atoms with Gasteiger partial charge in [0.05, 0.1) is 10.5 Å². The van der Waals surface area contributed by atoms with Crippen LogP contribution in [0.25, 0.3) is 11.1 Å². The van der Waals surface area contributed by atoms with Crippen LogP contribution in [0.15, 0.2) is 77.7 Å². The van der Waals surface area contributed by atoms with Gasteiger partial charge in [-0.15, -0.1) is 0 Å². The van der Waals surface area contributed by atoms with Gasteiger partial charge in [-0.3, -0.25) is 0 Å². The molecule has 0 atom stereocenters. The number of sulfonamides is 1. The summed E-state index contributed by atoms with van der Waals surface area (Å²) in [5, 5.41) is 8.51. The number of hydrogen-bond acceptors (Lipinski definition) is 4. The summed E-state index contributed by atoms with van der Waals surface area (Å²) in [4.78, 5) is -0.0797. The van der Waals surface area contributed by atoms with E-state index < -0.39 is 21.8 Å². The summed E-state index contributed by atoms with van der Waals surface area (Å²) in [7, 11) is -3.92. The molecular weight excluding hydrogens is 405 g/mol. The molecule has 0 amide bonds. The Morgan fingerprint density at radius 3 is 2.10 bits per heavy atom. The highest BCUT2D eigenvalue weighted by Gasteiger charge is 2.30. The molecule has 0 fully saturated rings. The molecule has 29 heavy (non-hydrogen) atoms. The average Bonchev–Trinajstić information content (AvgIpc) is 2.68. The fraction of sp³-hybridized carbons (Fsp3) is 0.0500. The summed E-state index contributed by atoms with van der Waals surface area (Å²) in [6, 6.07) is 16.9. The first-order valence-electron chi connectivity index (χ1n) is 8.16. The SMILES string of the molecule is N#CNS(=O)(=O)c1ccc(-c2ccccc2Oc2ccc(C(F)(F)F)cc2)cc1. The lowest BCUT2D eigenvalue weighted by Crippen LogP contribution is -2.17. The van der Waals surface area contributed by atoms with Gasteiger partial charge in [0.2, 0.25) is 0 Å². The van der Waals surface area contributed by atoms with Crippen molar-refractivity contribution in [3.8, 4) is 28.8 Å². The maximum Gasteiger partial charge on any atom is 0.416 e. The van der Waals surface area contributed by atoms with E-state index in [0.717, 1.165) is 12.1 Å². The molecule has 0 spiro atoms. The third-order valence-corrected chi connectivity index (χ3v) is 5.20. The normalized spacial score (nSPS) is 11.5. The van der Waals surface area contributed by atoms with E-state index in [1.807, 2.05) is 0 Å². The van der Waals surface area contributed by atoms with Crippen molar-refractivity contribution in [1.29, 1.82) is 5.26 Å². The third kappa shape index (κ3) is 4.67. The van der Waals surface area contributed by atoms with Crippen LogP contribution in [-0.4, -0.2) is 8.42 Å². The van der Waals surface area contributed by atoms with Crippen molar-refractivity contribution in [3.63, 3.8) is 0 Å². The van der Waals surface area contributed by atoms with Gasteiger partial charge in [0.15, 0.2) is 6.19 Å². The molecule has 3 aromatic rings. The van der Waals surface area contributed by atoms with E-state index in [4.69, 9.17) is 10.00 Å². The molecular formula is C20H13F3N2O3S. The Morgan fingerprint density at radius 2 is 1.52 bits per heavy atom. The smallest absolute Gasteiger partial charge is 0.416 e. The van der Waals surface area contributed by atoms with Gasteiger partial charge in [0.25, 0.3) is 10.0 Å². The summed E-state index contributed by atoms with van der Waals surface area (Å²) in [5.41, 5.74) is 0.467. The fourth-order valence-electron chi connectivity index (χ4n) is 2.57. The number of benzene rings is 3. The van der Waals surface area contributed by atoms with Crippen LogP contribution >= 0.6 is 0 Å². The van der Waals surface area contributed by atoms with E-state index in [1.165, 1.54) is 30.5 Å². The minimum absolute atomic E-state index is 0.0797. The highest BCUT2D eigenvalue weighted by atomic mass is 32.2. The van der Waals surface area contributed by atoms with E-state index >= 15 is 0 Å². The van der Waals surface area contributed by atoms with Gasteiger partial charge in [-0.2, -0.15) is 18.4 Å². The Hall–Kier alpha value is -3.51. The highest BCUT2D eigenvalue weighted by molar-refractivity contribution is 7.89. The molecule has 0 aromatic heterocycles. The molecule has 0 saturated carbocycles. The quantitative estimate of drug-likeness (QED) is 0.471. The van der Waals surface area contributed by atoms with Crippen molar-refractivity contribution in [3.05, 3.63) is 78.4 Å². The summed E-state index contributed by atoms with van der Waals surface area (Å²) < 4.78 is 69.2. The van der Waals surface area contributed by atoms with Gasteiger partial charge in [-0.1, -0.05) is 30.3 Å². The standard InChI is InChI=1S/C20H13F3N2O3S/c21-20(22,23)15-7-9-16(10-8-15)28-19-4-2-1-3-18(19)14-5-11-17(12-6-14)29(26,27)25-13-24/h1-12,25H. The van der Waals surface area contributed by atoms with Gasteiger partial charge in [0, 0.05) is 5.56 Å². The van der Waals surface area contributed by atoms with Gasteiger partial charge >= 0.3 is 6.18 Å². The van der Waals surface area contributed by atoms with Gasteiger partial charge in [-0.05, 0) is 48.0 Å². The molecule has 0 aliphatic rings. The number of nitriles is 1. The van der Waals surface area contributed by atoms with Crippen LogP contribution in [0.5, 0.6) is 11.5 Å². The fourth-order valence-corrected chi connectivity index (χ4v) is 3.30. The predicted molar refractivity (Wildman–Crippen MR) is 99.3 cm³/mol. The Balaban J connectivity index is 1.89. The zero-order valence-corrected chi connectivity index (χ0v) is 15.5. The van der Waals surface area contributed by atoms with E-state index in [-0.39, 0.29) is 10.6 Å². The number of hydrogen-bond donors (Lipinski definition) is 1. The van der Waals surface area contributed by atoms with Crippen LogP contribution in [0.3, 0.4) is 0 Å². The van der Waals surface area contributed by atoms with E-state index in [2.05, 4.69) is 0 Å². The number of nitrogens with zero attached hydrogens (tertiary/aromatic N) is 1. The molecule has 0 saturated heterocycles. The summed E-state index contributed by atoms with van der Waals surface area (Å²) >= 11 is 0. The average molecular weight is 418 g/mol. The zero-order valence-electron chi connectivity index (χ0n) is 14.6. The van der Waals surface area contributed by atoms with Crippen molar-refractivity contribution in [1.82, 2.24) is 4.72 Å². The summed E-state index contributed by atoms with van der Waals surface area (Å²) in [6.07, 6.45) is -3.06. The number of ether oxygens (including phenoxy) is 1. The van der Waals surface area contributed by atoms with Gasteiger partial charge in [0.1, 0.15) is 11.5 Å². The highest BCUT2D eigenvalue weighted by Crippen LogP contribution is 2.35. The third-order valence-electron chi connectivity index (χ3n) is 3.95. The molecule has 0 radical (unpaired) electrons. The van der Waals surface area contributed by atoms with Crippen LogP contribution in [0, 0.1) is 11.5 Å². The number of para-hydroxylation sites is 1. The lowest BCUT2D eigenvalue weighted by atomic mass is 10.0. The van der Waals surface area contributed by atoms with Crippen LogP contribution in [0.1, 0.15) is 5.56 Å². The molecule has 3 aromatic carbocycles. The van der Waals surface area contributed by atoms with Gasteiger partial charge < -0.3 is 4.74 Å². The molecule has 0 aliphatic carbocycles. The first-order chi connectivity index (χ1) is 13.7. The molecule has 5 nitrogen and oxygen atoms in total. The second-order valence-corrected chi connectivity index (χ2v) is 7.54. The van der Waals surface area contributed by atoms with Crippen molar-refractivity contribution >= 4 is 10.0 Å². The summed E-state index contributed by atoms with van der Waals surface area (Å²) in [6.45, 7) is 0. The number of nitrogens with one attached hydrogen (secondary N) is 1. The maximum absolute atomic E-state index is 12.7. The molecule has 0 unspecified atom stereocenters. The monoisotopic (exact) mass is 418 g/mol. The Labute approximate surface area is 165 Å². The molecule has 148 valence electrons. The molecule has 0 aliphatic heterocycles. The number of rotatable bonds is 5. The first-order valence-corrected chi connectivity index (χ1v) is 9.64.